The number of carboxylic acids is 1. The summed E-state index contributed by atoms with van der Waals surface area (Å²) in [6.45, 7) is 1.08. The molecule has 0 heterocycles. The van der Waals surface area contributed by atoms with E-state index in [0.717, 1.165) is 14.0 Å². The van der Waals surface area contributed by atoms with Crippen LogP contribution in [0.2, 0.25) is 0 Å². The van der Waals surface area contributed by atoms with Crippen LogP contribution in [-0.2, 0) is 4.79 Å². The molecule has 0 aliphatic rings. The van der Waals surface area contributed by atoms with Gasteiger partial charge in [0.25, 0.3) is 5.97 Å². The Hall–Kier alpha value is -0.610. The van der Waals surface area contributed by atoms with Crippen LogP contribution in [0, 0.1) is 0 Å². The van der Waals surface area contributed by atoms with Gasteiger partial charge in [0.2, 0.25) is 0 Å². The van der Waals surface area contributed by atoms with Gasteiger partial charge in [-0.25, -0.2) is 0 Å². The second-order valence-electron chi connectivity index (χ2n) is 0.519. The van der Waals surface area contributed by atoms with Gasteiger partial charge in [0.05, 0.1) is 0 Å². The van der Waals surface area contributed by atoms with Crippen molar-refractivity contribution in [2.24, 2.45) is 0 Å². The minimum atomic E-state index is -0.833. The molecule has 0 aromatic heterocycles. The molecule has 0 aliphatic carbocycles. The number of hydrogen-bond acceptors (Lipinski definition) is 2. The second kappa shape index (κ2) is 32.5. The SMILES string of the molecule is C.CC(=O)O.CO.O. The summed E-state index contributed by atoms with van der Waals surface area (Å²) in [5.41, 5.74) is 0. The highest BCUT2D eigenvalue weighted by Crippen LogP contribution is 1.42. The minimum Gasteiger partial charge on any atom is -0.481 e. The Kier molecular flexibility index (Phi) is 107. The Morgan fingerprint density at radius 2 is 1.38 bits per heavy atom. The van der Waals surface area contributed by atoms with Crippen molar-refractivity contribution in [1.82, 2.24) is 0 Å². The summed E-state index contributed by atoms with van der Waals surface area (Å²) in [4.78, 5) is 9.00. The molecule has 4 nitrogen and oxygen atoms in total. The van der Waals surface area contributed by atoms with E-state index in [1.165, 1.54) is 0 Å². The first-order valence-corrected chi connectivity index (χ1v) is 1.37. The highest BCUT2D eigenvalue weighted by atomic mass is 16.4. The van der Waals surface area contributed by atoms with Gasteiger partial charge in [0.15, 0.2) is 0 Å². The van der Waals surface area contributed by atoms with Crippen LogP contribution in [0.5, 0.6) is 0 Å². The van der Waals surface area contributed by atoms with Crippen LogP contribution >= 0.6 is 0 Å². The molecule has 4 heteroatoms. The summed E-state index contributed by atoms with van der Waals surface area (Å²) in [5, 5.41) is 14.4. The molecule has 0 bridgehead atoms. The van der Waals surface area contributed by atoms with Gasteiger partial charge >= 0.3 is 0 Å². The average molecular weight is 126 g/mol. The number of aliphatic hydroxyl groups is 1. The van der Waals surface area contributed by atoms with E-state index in [0.29, 0.717) is 0 Å². The molecule has 0 saturated heterocycles. The van der Waals surface area contributed by atoms with Gasteiger partial charge in [0, 0.05) is 14.0 Å². The molecular formula is C4H14O4. The number of carbonyl (C=O) groups is 1. The molecule has 0 spiro atoms. The first-order valence-electron chi connectivity index (χ1n) is 1.37. The zero-order valence-electron chi connectivity index (χ0n) is 4.30. The summed E-state index contributed by atoms with van der Waals surface area (Å²) in [6, 6.07) is 0. The van der Waals surface area contributed by atoms with E-state index >= 15 is 0 Å². The Balaban J connectivity index is -0.0000000183. The largest absolute Gasteiger partial charge is 0.481 e. The Labute approximate surface area is 49.1 Å². The molecule has 54 valence electrons. The van der Waals surface area contributed by atoms with Gasteiger partial charge in [-0.3, -0.25) is 4.79 Å². The lowest BCUT2D eigenvalue weighted by Gasteiger charge is -1.59. The molecule has 0 saturated carbocycles. The number of aliphatic carboxylic acids is 1. The van der Waals surface area contributed by atoms with Crippen molar-refractivity contribution in [3.8, 4) is 0 Å². The van der Waals surface area contributed by atoms with Crippen molar-refractivity contribution in [2.75, 3.05) is 7.11 Å². The first-order chi connectivity index (χ1) is 2.73. The van der Waals surface area contributed by atoms with E-state index in [1.54, 1.807) is 0 Å². The Bertz CT molecular complexity index is 31.0. The summed E-state index contributed by atoms with van der Waals surface area (Å²) in [6.07, 6.45) is 0. The standard InChI is InChI=1S/C2H4O2.CH4O.CH4.H2O/c1-2(3)4;1-2;;/h1H3,(H,3,4);2H,1H3;1H4;1H2. The third-order valence-corrected chi connectivity index (χ3v) is 0. The predicted molar refractivity (Wildman–Crippen MR) is 31.8 cm³/mol. The predicted octanol–water partition coefficient (Wildman–Crippen LogP) is -0.489. The smallest absolute Gasteiger partial charge is 0.300 e. The van der Waals surface area contributed by atoms with Gasteiger partial charge in [-0.2, -0.15) is 0 Å². The molecule has 0 atom stereocenters. The van der Waals surface area contributed by atoms with Gasteiger partial charge in [-0.05, 0) is 0 Å². The van der Waals surface area contributed by atoms with Crippen LogP contribution in [-0.4, -0.2) is 28.8 Å². The van der Waals surface area contributed by atoms with E-state index in [-0.39, 0.29) is 12.9 Å². The van der Waals surface area contributed by atoms with E-state index in [4.69, 9.17) is 15.0 Å². The first kappa shape index (κ1) is 26.3. The van der Waals surface area contributed by atoms with Crippen LogP contribution < -0.4 is 0 Å². The molecule has 0 aromatic rings. The molecule has 0 radical (unpaired) electrons. The number of hydrogen-bond donors (Lipinski definition) is 2. The fraction of sp³-hybridized carbons (Fsp3) is 0.750. The van der Waals surface area contributed by atoms with Crippen LogP contribution in [0.3, 0.4) is 0 Å². The lowest BCUT2D eigenvalue weighted by molar-refractivity contribution is -0.134. The Morgan fingerprint density at radius 3 is 1.38 bits per heavy atom. The van der Waals surface area contributed by atoms with Crippen molar-refractivity contribution in [2.45, 2.75) is 14.4 Å². The van der Waals surface area contributed by atoms with Gasteiger partial charge in [-0.1, -0.05) is 7.43 Å². The molecular weight excluding hydrogens is 112 g/mol. The lowest BCUT2D eigenvalue weighted by Crippen LogP contribution is -1.78. The van der Waals surface area contributed by atoms with Crippen molar-refractivity contribution in [3.63, 3.8) is 0 Å². The summed E-state index contributed by atoms with van der Waals surface area (Å²) >= 11 is 0. The topological polar surface area (TPSA) is 89.0 Å². The quantitative estimate of drug-likeness (QED) is 0.459. The van der Waals surface area contributed by atoms with Gasteiger partial charge < -0.3 is 15.7 Å². The zero-order valence-corrected chi connectivity index (χ0v) is 4.30. The number of carboxylic acid groups (broad SMARTS) is 1. The maximum Gasteiger partial charge on any atom is 0.300 e. The molecule has 0 aliphatic heterocycles. The second-order valence-corrected chi connectivity index (χ2v) is 0.519. The van der Waals surface area contributed by atoms with Crippen LogP contribution in [0.25, 0.3) is 0 Å². The van der Waals surface area contributed by atoms with E-state index in [1.807, 2.05) is 0 Å². The van der Waals surface area contributed by atoms with Gasteiger partial charge in [0.1, 0.15) is 0 Å². The highest BCUT2D eigenvalue weighted by molar-refractivity contribution is 5.62. The molecule has 0 amide bonds. The summed E-state index contributed by atoms with van der Waals surface area (Å²) < 4.78 is 0. The number of aliphatic hydroxyl groups excluding tert-OH is 1. The molecule has 0 fully saturated rings. The Morgan fingerprint density at radius 1 is 1.38 bits per heavy atom. The average Bonchev–Trinajstić information content (AvgIpc) is 1.41. The normalized spacial score (nSPS) is 3.88. The maximum absolute atomic E-state index is 9.00. The minimum absolute atomic E-state index is 0. The fourth-order valence-electron chi connectivity index (χ4n) is 0. The maximum atomic E-state index is 9.00. The fourth-order valence-corrected chi connectivity index (χ4v) is 0. The summed E-state index contributed by atoms with van der Waals surface area (Å²) in [5.74, 6) is -0.833. The molecule has 4 N–H and O–H groups in total. The number of rotatable bonds is 0. The van der Waals surface area contributed by atoms with Crippen LogP contribution in [0.15, 0.2) is 0 Å². The molecule has 8 heavy (non-hydrogen) atoms. The van der Waals surface area contributed by atoms with Gasteiger partial charge in [-0.15, -0.1) is 0 Å². The van der Waals surface area contributed by atoms with Crippen LogP contribution in [0.4, 0.5) is 0 Å². The van der Waals surface area contributed by atoms with Crippen molar-refractivity contribution in [3.05, 3.63) is 0 Å². The molecule has 0 unspecified atom stereocenters. The molecule has 0 rings (SSSR count). The summed E-state index contributed by atoms with van der Waals surface area (Å²) in [7, 11) is 1.00. The van der Waals surface area contributed by atoms with Crippen molar-refractivity contribution in [1.29, 1.82) is 0 Å². The lowest BCUT2D eigenvalue weighted by atomic mass is 10.9. The zero-order chi connectivity index (χ0) is 5.58. The van der Waals surface area contributed by atoms with Crippen LogP contribution in [0.1, 0.15) is 14.4 Å². The monoisotopic (exact) mass is 126 g/mol. The van der Waals surface area contributed by atoms with E-state index in [2.05, 4.69) is 0 Å². The molecule has 0 aromatic carbocycles. The third kappa shape index (κ3) is 279. The van der Waals surface area contributed by atoms with E-state index in [9.17, 15) is 0 Å². The van der Waals surface area contributed by atoms with Crippen molar-refractivity contribution >= 4 is 5.97 Å². The third-order valence-electron chi connectivity index (χ3n) is 0. The van der Waals surface area contributed by atoms with Crippen molar-refractivity contribution < 1.29 is 20.5 Å². The highest BCUT2D eigenvalue weighted by Gasteiger charge is 1.65. The van der Waals surface area contributed by atoms with E-state index < -0.39 is 5.97 Å².